The Morgan fingerprint density at radius 1 is 1.05 bits per heavy atom. The number of halogens is 4. The van der Waals surface area contributed by atoms with Gasteiger partial charge in [0.2, 0.25) is 15.9 Å². The zero-order valence-corrected chi connectivity index (χ0v) is 23.5. The molecular formula is C26H34ClF3N2O5S2. The van der Waals surface area contributed by atoms with Crippen molar-refractivity contribution in [2.45, 2.75) is 62.4 Å². The number of sulfonamides is 1. The summed E-state index contributed by atoms with van der Waals surface area (Å²) in [6.07, 6.45) is -3.18. The van der Waals surface area contributed by atoms with E-state index in [1.165, 1.54) is 13.8 Å². The summed E-state index contributed by atoms with van der Waals surface area (Å²) < 4.78 is 91.1. The topological polar surface area (TPSA) is 101 Å². The summed E-state index contributed by atoms with van der Waals surface area (Å²) in [7, 11) is -7.76. The molecular weight excluding hydrogens is 577 g/mol. The van der Waals surface area contributed by atoms with E-state index in [4.69, 9.17) is 11.6 Å². The van der Waals surface area contributed by atoms with Crippen LogP contribution in [0.25, 0.3) is 0 Å². The number of hydrogen-bond acceptors (Lipinski definition) is 5. The third kappa shape index (κ3) is 7.96. The van der Waals surface area contributed by atoms with Crippen LogP contribution in [0.1, 0.15) is 57.7 Å². The molecule has 1 saturated heterocycles. The second-order valence-electron chi connectivity index (χ2n) is 9.99. The van der Waals surface area contributed by atoms with E-state index in [0.29, 0.717) is 29.5 Å². The molecule has 1 fully saturated rings. The van der Waals surface area contributed by atoms with Crippen molar-refractivity contribution in [3.63, 3.8) is 0 Å². The van der Waals surface area contributed by atoms with E-state index < -0.39 is 53.2 Å². The predicted octanol–water partition coefficient (Wildman–Crippen LogP) is 5.47. The number of rotatable bonds is 8. The van der Waals surface area contributed by atoms with Crippen molar-refractivity contribution in [3.05, 3.63) is 64.7 Å². The molecule has 3 rings (SSSR count). The largest absolute Gasteiger partial charge is 0.416 e. The van der Waals surface area contributed by atoms with Crippen molar-refractivity contribution in [1.29, 1.82) is 0 Å². The molecule has 1 heterocycles. The van der Waals surface area contributed by atoms with Crippen LogP contribution in [0.4, 0.5) is 13.2 Å². The standard InChI is InChI=1S/C25H30ClF3N2O5S2.CH4/c1-24(2,38(35,36)21-6-4-5-19(15-21)25(27,28)29)18-11-13-31(14-12-18)23(32)16-22(30-37(3,33)34)17-7-9-20(26)10-8-17;/h4-10,15,18,22,30H,11-14,16H2,1-3H3;1H4/t22-;/m1./s1. The van der Waals surface area contributed by atoms with Crippen molar-refractivity contribution in [2.75, 3.05) is 19.3 Å². The van der Waals surface area contributed by atoms with Gasteiger partial charge in [0, 0.05) is 24.5 Å². The van der Waals surface area contributed by atoms with Crippen LogP contribution in [0.15, 0.2) is 53.4 Å². The maximum Gasteiger partial charge on any atom is 0.416 e. The highest BCUT2D eigenvalue weighted by molar-refractivity contribution is 7.92. The molecule has 0 saturated carbocycles. The van der Waals surface area contributed by atoms with Crippen LogP contribution in [0.2, 0.25) is 5.02 Å². The lowest BCUT2D eigenvalue weighted by atomic mass is 9.85. The number of sulfone groups is 1. The van der Waals surface area contributed by atoms with Crippen molar-refractivity contribution in [3.8, 4) is 0 Å². The van der Waals surface area contributed by atoms with Crippen LogP contribution in [-0.2, 0) is 30.8 Å². The Balaban J connectivity index is 0.00000533. The van der Waals surface area contributed by atoms with Gasteiger partial charge in [0.05, 0.1) is 27.5 Å². The van der Waals surface area contributed by atoms with E-state index in [0.717, 1.165) is 24.5 Å². The van der Waals surface area contributed by atoms with Crippen molar-refractivity contribution in [1.82, 2.24) is 9.62 Å². The fourth-order valence-corrected chi connectivity index (χ4v) is 7.36. The SMILES string of the molecule is C.CC(C)(C1CCN(C(=O)C[C@@H](NS(C)(=O)=O)c2ccc(Cl)cc2)CC1)S(=O)(=O)c1cccc(C(F)(F)F)c1. The molecule has 1 atom stereocenters. The molecule has 2 aromatic rings. The molecule has 1 N–H and O–H groups in total. The first-order chi connectivity index (χ1) is 17.4. The fourth-order valence-electron chi connectivity index (χ4n) is 4.67. The third-order valence-corrected chi connectivity index (χ3v) is 10.6. The highest BCUT2D eigenvalue weighted by atomic mass is 35.5. The Morgan fingerprint density at radius 2 is 1.62 bits per heavy atom. The summed E-state index contributed by atoms with van der Waals surface area (Å²) >= 11 is 5.92. The van der Waals surface area contributed by atoms with E-state index >= 15 is 0 Å². The van der Waals surface area contributed by atoms with Crippen LogP contribution in [-0.4, -0.2) is 51.7 Å². The molecule has 13 heteroatoms. The highest BCUT2D eigenvalue weighted by Crippen LogP contribution is 2.39. The van der Waals surface area contributed by atoms with E-state index in [-0.39, 0.29) is 32.8 Å². The molecule has 1 aliphatic rings. The minimum absolute atomic E-state index is 0. The van der Waals surface area contributed by atoms with Gasteiger partial charge < -0.3 is 4.90 Å². The van der Waals surface area contributed by atoms with Crippen LogP contribution in [0.5, 0.6) is 0 Å². The number of piperidine rings is 1. The van der Waals surface area contributed by atoms with Gasteiger partial charge >= 0.3 is 6.18 Å². The highest BCUT2D eigenvalue weighted by Gasteiger charge is 2.45. The Labute approximate surface area is 233 Å². The Hall–Kier alpha value is -2.15. The predicted molar refractivity (Wildman–Crippen MR) is 146 cm³/mol. The molecule has 0 aliphatic carbocycles. The number of hydrogen-bond donors (Lipinski definition) is 1. The zero-order chi connectivity index (χ0) is 28.5. The maximum atomic E-state index is 13.4. The number of alkyl halides is 3. The molecule has 0 radical (unpaired) electrons. The molecule has 218 valence electrons. The molecule has 0 bridgehead atoms. The number of benzene rings is 2. The van der Waals surface area contributed by atoms with Gasteiger partial charge in [0.25, 0.3) is 0 Å². The van der Waals surface area contributed by atoms with Crippen molar-refractivity contribution < 1.29 is 34.8 Å². The van der Waals surface area contributed by atoms with Gasteiger partial charge in [0.15, 0.2) is 9.84 Å². The van der Waals surface area contributed by atoms with E-state index in [1.54, 1.807) is 29.2 Å². The quantitative estimate of drug-likeness (QED) is 0.427. The lowest BCUT2D eigenvalue weighted by Gasteiger charge is -2.40. The lowest BCUT2D eigenvalue weighted by Crippen LogP contribution is -2.48. The molecule has 2 aromatic carbocycles. The second kappa shape index (κ2) is 12.2. The summed E-state index contributed by atoms with van der Waals surface area (Å²) in [4.78, 5) is 14.2. The summed E-state index contributed by atoms with van der Waals surface area (Å²) in [6.45, 7) is 3.46. The Kier molecular flexibility index (Phi) is 10.3. The number of nitrogens with zero attached hydrogens (tertiary/aromatic N) is 1. The lowest BCUT2D eigenvalue weighted by molar-refractivity contribution is -0.137. The monoisotopic (exact) mass is 610 g/mol. The van der Waals surface area contributed by atoms with Gasteiger partial charge in [-0.2, -0.15) is 13.2 Å². The average Bonchev–Trinajstić information content (AvgIpc) is 2.82. The van der Waals surface area contributed by atoms with Crippen LogP contribution in [0.3, 0.4) is 0 Å². The molecule has 1 aliphatic heterocycles. The number of nitrogens with one attached hydrogen (secondary N) is 1. The van der Waals surface area contributed by atoms with Crippen molar-refractivity contribution >= 4 is 37.4 Å². The first-order valence-electron chi connectivity index (χ1n) is 11.8. The Bertz CT molecular complexity index is 1370. The maximum absolute atomic E-state index is 13.4. The molecule has 1 amide bonds. The van der Waals surface area contributed by atoms with Gasteiger partial charge in [-0.25, -0.2) is 21.6 Å². The summed E-state index contributed by atoms with van der Waals surface area (Å²) in [6, 6.07) is 9.36. The third-order valence-electron chi connectivity index (χ3n) is 7.00. The second-order valence-corrected chi connectivity index (χ2v) is 14.7. The molecule has 0 aromatic heterocycles. The first kappa shape index (κ1) is 33.1. The normalized spacial score (nSPS) is 16.4. The number of carbonyl (C=O) groups is 1. The first-order valence-corrected chi connectivity index (χ1v) is 15.6. The average molecular weight is 611 g/mol. The van der Waals surface area contributed by atoms with Crippen molar-refractivity contribution in [2.24, 2.45) is 5.92 Å². The minimum atomic E-state index is -4.67. The van der Waals surface area contributed by atoms with E-state index in [1.807, 2.05) is 0 Å². The molecule has 39 heavy (non-hydrogen) atoms. The summed E-state index contributed by atoms with van der Waals surface area (Å²) in [5, 5.41) is 0.461. The summed E-state index contributed by atoms with van der Waals surface area (Å²) in [5.74, 6) is -0.717. The number of amides is 1. The minimum Gasteiger partial charge on any atom is -0.343 e. The fraction of sp³-hybridized carbons (Fsp3) is 0.500. The number of likely N-dealkylation sites (tertiary alicyclic amines) is 1. The van der Waals surface area contributed by atoms with Gasteiger partial charge in [-0.1, -0.05) is 37.2 Å². The van der Waals surface area contributed by atoms with E-state index in [2.05, 4.69) is 4.72 Å². The molecule has 7 nitrogen and oxygen atoms in total. The molecule has 0 unspecified atom stereocenters. The zero-order valence-electron chi connectivity index (χ0n) is 21.1. The molecule has 0 spiro atoms. The van der Waals surface area contributed by atoms with Gasteiger partial charge in [-0.05, 0) is 68.5 Å². The van der Waals surface area contributed by atoms with Gasteiger partial charge in [-0.15, -0.1) is 0 Å². The van der Waals surface area contributed by atoms with Gasteiger partial charge in [0.1, 0.15) is 0 Å². The van der Waals surface area contributed by atoms with Gasteiger partial charge in [-0.3, -0.25) is 4.79 Å². The smallest absolute Gasteiger partial charge is 0.343 e. The number of carbonyl (C=O) groups excluding carboxylic acids is 1. The Morgan fingerprint density at radius 3 is 2.13 bits per heavy atom. The van der Waals surface area contributed by atoms with Crippen LogP contribution >= 0.6 is 11.6 Å². The van der Waals surface area contributed by atoms with E-state index in [9.17, 15) is 34.8 Å². The summed E-state index contributed by atoms with van der Waals surface area (Å²) in [5.41, 5.74) is -0.468. The van der Waals surface area contributed by atoms with Crippen LogP contribution in [0, 0.1) is 5.92 Å². The van der Waals surface area contributed by atoms with Crippen LogP contribution < -0.4 is 4.72 Å².